The molecular formula is C28H32N2O3. The zero-order chi connectivity index (χ0) is 23.6. The molecule has 1 amide bonds. The number of hydrogen-bond acceptors (Lipinski definition) is 2. The molecule has 1 aromatic rings. The van der Waals surface area contributed by atoms with Gasteiger partial charge in [-0.25, -0.2) is 4.85 Å². The number of hydrogen-bond donors (Lipinski definition) is 2. The first-order chi connectivity index (χ1) is 15.8. The monoisotopic (exact) mass is 444 g/mol. The van der Waals surface area contributed by atoms with E-state index < -0.39 is 5.97 Å². The molecule has 33 heavy (non-hydrogen) atoms. The second-order valence-corrected chi connectivity index (χ2v) is 10.4. The lowest BCUT2D eigenvalue weighted by Crippen LogP contribution is -2.21. The molecule has 4 rings (SSSR count). The van der Waals surface area contributed by atoms with E-state index in [1.54, 1.807) is 12.2 Å². The van der Waals surface area contributed by atoms with Gasteiger partial charge in [-0.15, -0.1) is 0 Å². The second-order valence-electron chi connectivity index (χ2n) is 10.4. The Bertz CT molecular complexity index is 1090. The first-order valence-electron chi connectivity index (χ1n) is 11.9. The van der Waals surface area contributed by atoms with Gasteiger partial charge in [0.05, 0.1) is 12.5 Å². The van der Waals surface area contributed by atoms with E-state index in [9.17, 15) is 14.7 Å². The smallest absolute Gasteiger partial charge is 0.306 e. The average Bonchev–Trinajstić information content (AvgIpc) is 3.29. The molecular weight excluding hydrogens is 412 g/mol. The standard InChI is InChI=1S/C28H32N2O3/c1-28(2)14-12-19(13-15-28)24-17-21(18-4-6-20(7-5-18)27(32)33)9-11-25(24)30-26(31)22-8-10-23(16-22)29-3/h9-12,16-18,20H,4-8,13-15H2,1-2H3,(H,30,31)(H,32,33). The van der Waals surface area contributed by atoms with Crippen molar-refractivity contribution in [2.45, 2.75) is 71.1 Å². The molecule has 3 aliphatic carbocycles. The van der Waals surface area contributed by atoms with Crippen LogP contribution in [0.5, 0.6) is 0 Å². The molecule has 1 aromatic carbocycles. The lowest BCUT2D eigenvalue weighted by Gasteiger charge is -2.30. The van der Waals surface area contributed by atoms with Gasteiger partial charge in [0.25, 0.3) is 5.91 Å². The van der Waals surface area contributed by atoms with Crippen molar-refractivity contribution >= 4 is 23.1 Å². The number of nitrogens with zero attached hydrogens (tertiary/aromatic N) is 1. The topological polar surface area (TPSA) is 70.8 Å². The Balaban J connectivity index is 1.60. The Morgan fingerprint density at radius 3 is 2.52 bits per heavy atom. The maximum atomic E-state index is 12.9. The van der Waals surface area contributed by atoms with Crippen molar-refractivity contribution in [2.24, 2.45) is 11.3 Å². The maximum Gasteiger partial charge on any atom is 0.306 e. The molecule has 5 heteroatoms. The summed E-state index contributed by atoms with van der Waals surface area (Å²) in [4.78, 5) is 27.7. The highest BCUT2D eigenvalue weighted by Crippen LogP contribution is 2.42. The number of carboxylic acids is 1. The van der Waals surface area contributed by atoms with Gasteiger partial charge in [-0.1, -0.05) is 32.1 Å². The predicted octanol–water partition coefficient (Wildman–Crippen LogP) is 6.71. The molecule has 1 fully saturated rings. The van der Waals surface area contributed by atoms with Crippen molar-refractivity contribution < 1.29 is 14.7 Å². The quantitative estimate of drug-likeness (QED) is 0.496. The number of carbonyl (C=O) groups is 2. The van der Waals surface area contributed by atoms with Crippen molar-refractivity contribution in [3.8, 4) is 0 Å². The highest BCUT2D eigenvalue weighted by Gasteiger charge is 2.28. The van der Waals surface area contributed by atoms with Crippen LogP contribution in [0.4, 0.5) is 5.69 Å². The molecule has 5 nitrogen and oxygen atoms in total. The molecule has 0 atom stereocenters. The van der Waals surface area contributed by atoms with Crippen molar-refractivity contribution in [1.29, 1.82) is 0 Å². The van der Waals surface area contributed by atoms with Crippen molar-refractivity contribution in [1.82, 2.24) is 0 Å². The van der Waals surface area contributed by atoms with E-state index in [0.29, 0.717) is 23.6 Å². The fraction of sp³-hybridized carbons (Fsp3) is 0.464. The third kappa shape index (κ3) is 5.27. The second kappa shape index (κ2) is 9.39. The lowest BCUT2D eigenvalue weighted by atomic mass is 9.75. The van der Waals surface area contributed by atoms with Crippen LogP contribution < -0.4 is 5.32 Å². The fourth-order valence-corrected chi connectivity index (χ4v) is 5.14. The van der Waals surface area contributed by atoms with E-state index in [1.807, 2.05) is 6.07 Å². The third-order valence-electron chi connectivity index (χ3n) is 7.43. The van der Waals surface area contributed by atoms with E-state index in [0.717, 1.165) is 56.2 Å². The van der Waals surface area contributed by atoms with Gasteiger partial charge in [-0.2, -0.15) is 0 Å². The number of carboxylic acid groups (broad SMARTS) is 1. The largest absolute Gasteiger partial charge is 0.481 e. The number of rotatable bonds is 5. The van der Waals surface area contributed by atoms with Gasteiger partial charge in [-0.3, -0.25) is 9.59 Å². The van der Waals surface area contributed by atoms with Crippen molar-refractivity contribution in [3.05, 3.63) is 70.2 Å². The van der Waals surface area contributed by atoms with Crippen molar-refractivity contribution in [2.75, 3.05) is 5.32 Å². The average molecular weight is 445 g/mol. The van der Waals surface area contributed by atoms with Crippen LogP contribution >= 0.6 is 0 Å². The maximum absolute atomic E-state index is 12.9. The number of anilines is 1. The van der Waals surface area contributed by atoms with Crippen LogP contribution in [0.25, 0.3) is 10.4 Å². The number of aliphatic carboxylic acids is 1. The molecule has 0 heterocycles. The minimum atomic E-state index is -0.681. The minimum absolute atomic E-state index is 0.155. The summed E-state index contributed by atoms with van der Waals surface area (Å²) in [5, 5.41) is 12.4. The Hall–Kier alpha value is -3.13. The van der Waals surface area contributed by atoms with Gasteiger partial charge in [0.1, 0.15) is 0 Å². The number of amides is 1. The van der Waals surface area contributed by atoms with Crippen LogP contribution in [0.1, 0.15) is 82.3 Å². The normalized spacial score (nSPS) is 24.2. The van der Waals surface area contributed by atoms with Gasteiger partial charge >= 0.3 is 5.97 Å². The summed E-state index contributed by atoms with van der Waals surface area (Å²) in [5.74, 6) is -0.708. The Morgan fingerprint density at radius 1 is 1.15 bits per heavy atom. The Kier molecular flexibility index (Phi) is 6.56. The lowest BCUT2D eigenvalue weighted by molar-refractivity contribution is -0.142. The molecule has 0 spiro atoms. The van der Waals surface area contributed by atoms with Gasteiger partial charge in [0, 0.05) is 16.8 Å². The molecule has 0 saturated heterocycles. The molecule has 0 aliphatic heterocycles. The van der Waals surface area contributed by atoms with Gasteiger partial charge in [-0.05, 0) is 92.0 Å². The Morgan fingerprint density at radius 2 is 1.91 bits per heavy atom. The molecule has 3 aliphatic rings. The minimum Gasteiger partial charge on any atom is -0.481 e. The van der Waals surface area contributed by atoms with Crippen LogP contribution in [-0.4, -0.2) is 17.0 Å². The summed E-state index contributed by atoms with van der Waals surface area (Å²) in [5.41, 5.74) is 5.81. The van der Waals surface area contributed by atoms with Crippen LogP contribution in [0, 0.1) is 17.9 Å². The molecule has 0 bridgehead atoms. The molecule has 172 valence electrons. The molecule has 1 saturated carbocycles. The Labute approximate surface area is 196 Å². The van der Waals surface area contributed by atoms with E-state index in [-0.39, 0.29) is 17.2 Å². The van der Waals surface area contributed by atoms with E-state index in [4.69, 9.17) is 6.57 Å². The summed E-state index contributed by atoms with van der Waals surface area (Å²) in [6.45, 7) is 11.7. The highest BCUT2D eigenvalue weighted by atomic mass is 16.4. The van der Waals surface area contributed by atoms with E-state index in [1.165, 1.54) is 11.1 Å². The molecule has 0 radical (unpaired) electrons. The van der Waals surface area contributed by atoms with Crippen LogP contribution in [0.15, 0.2) is 47.7 Å². The van der Waals surface area contributed by atoms with Gasteiger partial charge in [0.2, 0.25) is 0 Å². The number of benzene rings is 1. The number of allylic oxidation sites excluding steroid dienone is 4. The summed E-state index contributed by atoms with van der Waals surface area (Å²) in [6, 6.07) is 6.31. The number of carbonyl (C=O) groups excluding carboxylic acids is 1. The van der Waals surface area contributed by atoms with Crippen LogP contribution in [0.2, 0.25) is 0 Å². The third-order valence-corrected chi connectivity index (χ3v) is 7.43. The summed E-state index contributed by atoms with van der Waals surface area (Å²) < 4.78 is 0. The molecule has 0 aromatic heterocycles. The first-order valence-corrected chi connectivity index (χ1v) is 11.9. The predicted molar refractivity (Wildman–Crippen MR) is 130 cm³/mol. The SMILES string of the molecule is [C-]#[N+]C1=CCC(C(=O)Nc2ccc(C3CCC(C(=O)O)CC3)cc2C2=CCC(C)(C)CC2)=C1. The first kappa shape index (κ1) is 23.0. The molecule has 2 N–H and O–H groups in total. The zero-order valence-electron chi connectivity index (χ0n) is 19.5. The zero-order valence-corrected chi connectivity index (χ0v) is 19.5. The fourth-order valence-electron chi connectivity index (χ4n) is 5.14. The summed E-state index contributed by atoms with van der Waals surface area (Å²) in [7, 11) is 0. The molecule has 0 unspecified atom stereocenters. The van der Waals surface area contributed by atoms with E-state index in [2.05, 4.69) is 42.2 Å². The summed E-state index contributed by atoms with van der Waals surface area (Å²) >= 11 is 0. The van der Waals surface area contributed by atoms with Crippen molar-refractivity contribution in [3.63, 3.8) is 0 Å². The summed E-state index contributed by atoms with van der Waals surface area (Å²) in [6.07, 6.45) is 12.5. The van der Waals surface area contributed by atoms with Gasteiger partial charge in [0.15, 0.2) is 5.70 Å². The highest BCUT2D eigenvalue weighted by molar-refractivity contribution is 6.06. The van der Waals surface area contributed by atoms with E-state index >= 15 is 0 Å². The number of nitrogens with one attached hydrogen (secondary N) is 1. The van der Waals surface area contributed by atoms with Crippen LogP contribution in [0.3, 0.4) is 0 Å². The van der Waals surface area contributed by atoms with Crippen LogP contribution in [-0.2, 0) is 9.59 Å². The van der Waals surface area contributed by atoms with Gasteiger partial charge < -0.3 is 10.4 Å².